The smallest absolute Gasteiger partial charge is 0.319 e. The van der Waals surface area contributed by atoms with Crippen LogP contribution in [-0.4, -0.2) is 32.1 Å². The van der Waals surface area contributed by atoms with Crippen molar-refractivity contribution in [1.82, 2.24) is 24.8 Å². The topological polar surface area (TPSA) is 164 Å². The van der Waals surface area contributed by atoms with E-state index in [-0.39, 0.29) is 50.0 Å². The van der Waals surface area contributed by atoms with E-state index in [0.717, 1.165) is 0 Å². The number of carbonyl (C=O) groups is 1. The third-order valence-electron chi connectivity index (χ3n) is 5.38. The number of hydrogen-bond acceptors (Lipinski definition) is 8. The first-order valence-electron chi connectivity index (χ1n) is 11.1. The molecule has 0 aliphatic rings. The van der Waals surface area contributed by atoms with Gasteiger partial charge >= 0.3 is 6.03 Å². The van der Waals surface area contributed by atoms with Crippen LogP contribution < -0.4 is 27.2 Å². The van der Waals surface area contributed by atoms with Crippen molar-refractivity contribution in [3.05, 3.63) is 74.5 Å². The third kappa shape index (κ3) is 5.11. The van der Waals surface area contributed by atoms with E-state index in [2.05, 4.69) is 25.9 Å². The van der Waals surface area contributed by atoms with E-state index in [4.69, 9.17) is 33.9 Å². The monoisotopic (exact) mass is 537 g/mol. The molecule has 4 rings (SSSR count). The van der Waals surface area contributed by atoms with Gasteiger partial charge in [0, 0.05) is 12.2 Å². The van der Waals surface area contributed by atoms with Crippen LogP contribution >= 0.6 is 23.2 Å². The van der Waals surface area contributed by atoms with Gasteiger partial charge in [-0.05, 0) is 44.2 Å². The van der Waals surface area contributed by atoms with Gasteiger partial charge in [0.15, 0.2) is 0 Å². The minimum Gasteiger partial charge on any atom is -0.382 e. The molecule has 0 spiro atoms. The second kappa shape index (κ2) is 10.7. The summed E-state index contributed by atoms with van der Waals surface area (Å²) < 4.78 is 1.36. The Morgan fingerprint density at radius 3 is 2.70 bits per heavy atom. The maximum atomic E-state index is 13.8. The number of carbonyl (C=O) groups excluding carboxylic acids is 1. The molecule has 2 amide bonds. The minimum atomic E-state index is -0.673. The summed E-state index contributed by atoms with van der Waals surface area (Å²) in [5.41, 5.74) is 6.49. The number of amides is 2. The van der Waals surface area contributed by atoms with Crippen molar-refractivity contribution in [3.63, 3.8) is 0 Å². The first kappa shape index (κ1) is 25.7. The molecular weight excluding hydrogens is 517 g/mol. The van der Waals surface area contributed by atoms with Gasteiger partial charge in [-0.25, -0.2) is 19.7 Å². The Hall–Kier alpha value is -4.40. The van der Waals surface area contributed by atoms with Gasteiger partial charge in [0.25, 0.3) is 5.56 Å². The van der Waals surface area contributed by atoms with Crippen LogP contribution in [0.25, 0.3) is 16.6 Å². The molecule has 5 N–H and O–H groups in total. The second-order valence-electron chi connectivity index (χ2n) is 7.86. The molecule has 0 aliphatic heterocycles. The molecule has 2 aromatic carbocycles. The predicted octanol–water partition coefficient (Wildman–Crippen LogP) is 4.25. The summed E-state index contributed by atoms with van der Waals surface area (Å²) >= 11 is 12.8. The van der Waals surface area contributed by atoms with Crippen LogP contribution in [-0.2, 0) is 0 Å². The van der Waals surface area contributed by atoms with Crippen molar-refractivity contribution in [2.24, 2.45) is 0 Å². The fourth-order valence-corrected chi connectivity index (χ4v) is 4.15. The number of anilines is 3. The lowest BCUT2D eigenvalue weighted by Gasteiger charge is -2.21. The SMILES string of the molecule is CCNC(=O)Nc1cccc(-n2c(C(C)Nc3ncnc(N)c3C#N)nc3c(Cl)ccc(Cl)c3c2=O)c1. The zero-order valence-corrected chi connectivity index (χ0v) is 21.2. The number of fused-ring (bicyclic) bond motifs is 1. The molecule has 11 nitrogen and oxygen atoms in total. The van der Waals surface area contributed by atoms with Gasteiger partial charge in [-0.1, -0.05) is 29.3 Å². The number of nitrogens with zero attached hydrogens (tertiary/aromatic N) is 5. The summed E-state index contributed by atoms with van der Waals surface area (Å²) in [6.45, 7) is 3.98. The molecular formula is C24H21Cl2N9O2. The lowest BCUT2D eigenvalue weighted by Crippen LogP contribution is -2.29. The Kier molecular flexibility index (Phi) is 7.42. The Bertz CT molecular complexity index is 1610. The number of nitrogens with one attached hydrogen (secondary N) is 3. The summed E-state index contributed by atoms with van der Waals surface area (Å²) in [7, 11) is 0. The normalized spacial score (nSPS) is 11.5. The van der Waals surface area contributed by atoms with Crippen LogP contribution in [0.1, 0.15) is 31.3 Å². The molecule has 0 radical (unpaired) electrons. The molecule has 4 aromatic rings. The number of aromatic nitrogens is 4. The summed E-state index contributed by atoms with van der Waals surface area (Å²) in [6.07, 6.45) is 1.22. The van der Waals surface area contributed by atoms with Gasteiger partial charge in [-0.15, -0.1) is 0 Å². The van der Waals surface area contributed by atoms with Crippen molar-refractivity contribution in [2.45, 2.75) is 19.9 Å². The van der Waals surface area contributed by atoms with Gasteiger partial charge in [0.2, 0.25) is 0 Å². The molecule has 0 saturated carbocycles. The lowest BCUT2D eigenvalue weighted by molar-refractivity contribution is 0.252. The van der Waals surface area contributed by atoms with Gasteiger partial charge in [0.05, 0.1) is 32.7 Å². The van der Waals surface area contributed by atoms with Crippen molar-refractivity contribution in [2.75, 3.05) is 22.9 Å². The van der Waals surface area contributed by atoms with Crippen LogP contribution in [0.15, 0.2) is 47.5 Å². The maximum Gasteiger partial charge on any atom is 0.319 e. The molecule has 13 heteroatoms. The van der Waals surface area contributed by atoms with Gasteiger partial charge in [0.1, 0.15) is 35.4 Å². The highest BCUT2D eigenvalue weighted by molar-refractivity contribution is 6.39. The highest BCUT2D eigenvalue weighted by atomic mass is 35.5. The molecule has 0 saturated heterocycles. The van der Waals surface area contributed by atoms with E-state index in [1.165, 1.54) is 17.0 Å². The van der Waals surface area contributed by atoms with Crippen molar-refractivity contribution < 1.29 is 4.79 Å². The van der Waals surface area contributed by atoms with E-state index in [1.54, 1.807) is 44.2 Å². The van der Waals surface area contributed by atoms with Crippen molar-refractivity contribution in [1.29, 1.82) is 5.26 Å². The van der Waals surface area contributed by atoms with Crippen LogP contribution in [0.4, 0.5) is 22.1 Å². The fourth-order valence-electron chi connectivity index (χ4n) is 3.72. The summed E-state index contributed by atoms with van der Waals surface area (Å²) in [6, 6.07) is 10.7. The summed E-state index contributed by atoms with van der Waals surface area (Å²) in [4.78, 5) is 38.6. The van der Waals surface area contributed by atoms with Crippen molar-refractivity contribution >= 4 is 57.5 Å². The lowest BCUT2D eigenvalue weighted by atomic mass is 10.2. The highest BCUT2D eigenvalue weighted by Crippen LogP contribution is 2.30. The number of nitriles is 1. The molecule has 0 bridgehead atoms. The average molecular weight is 538 g/mol. The van der Waals surface area contributed by atoms with E-state index in [9.17, 15) is 14.9 Å². The largest absolute Gasteiger partial charge is 0.382 e. The number of urea groups is 1. The third-order valence-corrected chi connectivity index (χ3v) is 6.00. The maximum absolute atomic E-state index is 13.8. The van der Waals surface area contributed by atoms with Gasteiger partial charge in [-0.2, -0.15) is 5.26 Å². The molecule has 188 valence electrons. The molecule has 1 unspecified atom stereocenters. The quantitative estimate of drug-likeness (QED) is 0.283. The molecule has 0 aliphatic carbocycles. The first-order chi connectivity index (χ1) is 17.7. The summed E-state index contributed by atoms with van der Waals surface area (Å²) in [5.74, 6) is 0.431. The van der Waals surface area contributed by atoms with E-state index < -0.39 is 11.6 Å². The van der Waals surface area contributed by atoms with E-state index >= 15 is 0 Å². The average Bonchev–Trinajstić information content (AvgIpc) is 2.86. The molecule has 2 aromatic heterocycles. The number of rotatable bonds is 6. The highest BCUT2D eigenvalue weighted by Gasteiger charge is 2.22. The Balaban J connectivity index is 1.92. The van der Waals surface area contributed by atoms with Crippen LogP contribution in [0.3, 0.4) is 0 Å². The van der Waals surface area contributed by atoms with E-state index in [0.29, 0.717) is 17.9 Å². The number of benzene rings is 2. The number of hydrogen-bond donors (Lipinski definition) is 4. The zero-order valence-electron chi connectivity index (χ0n) is 19.7. The van der Waals surface area contributed by atoms with Crippen LogP contribution in [0.2, 0.25) is 10.0 Å². The zero-order chi connectivity index (χ0) is 26.7. The molecule has 0 fully saturated rings. The summed E-state index contributed by atoms with van der Waals surface area (Å²) in [5, 5.41) is 18.5. The van der Waals surface area contributed by atoms with E-state index in [1.807, 2.05) is 6.07 Å². The minimum absolute atomic E-state index is 0.00928. The predicted molar refractivity (Wildman–Crippen MR) is 143 cm³/mol. The molecule has 37 heavy (non-hydrogen) atoms. The Labute approximate surface area is 221 Å². The standard InChI is InChI=1S/C24H21Cl2N9O2/c1-3-29-24(37)33-13-5-4-6-14(9-13)35-22(12(2)32-21-15(10-27)20(28)30-11-31-21)34-19-17(26)8-7-16(25)18(19)23(35)36/h4-9,11-12H,3H2,1-2H3,(H2,29,33,37)(H3,28,30,31,32). The number of nitrogens with two attached hydrogens (primary N) is 1. The number of nitrogen functional groups attached to an aromatic ring is 1. The molecule has 1 atom stereocenters. The number of halogens is 2. The van der Waals surface area contributed by atoms with Crippen LogP contribution in [0, 0.1) is 11.3 Å². The molecule has 2 heterocycles. The Morgan fingerprint density at radius 1 is 1.22 bits per heavy atom. The van der Waals surface area contributed by atoms with Gasteiger partial charge < -0.3 is 21.7 Å². The van der Waals surface area contributed by atoms with Crippen LogP contribution in [0.5, 0.6) is 0 Å². The first-order valence-corrected chi connectivity index (χ1v) is 11.8. The Morgan fingerprint density at radius 2 is 1.97 bits per heavy atom. The fraction of sp³-hybridized carbons (Fsp3) is 0.167. The second-order valence-corrected chi connectivity index (χ2v) is 8.67. The van der Waals surface area contributed by atoms with Crippen molar-refractivity contribution in [3.8, 4) is 11.8 Å². The van der Waals surface area contributed by atoms with Gasteiger partial charge in [-0.3, -0.25) is 9.36 Å².